The zero-order valence-electron chi connectivity index (χ0n) is 13.2. The molecule has 2 N–H and O–H groups in total. The monoisotopic (exact) mass is 398 g/mol. The molecule has 2 rings (SSSR count). The number of nitrogens with one attached hydrogen (secondary N) is 2. The van der Waals surface area contributed by atoms with Crippen molar-refractivity contribution in [2.24, 2.45) is 4.99 Å². The first kappa shape index (κ1) is 17.7. The molecule has 0 saturated carbocycles. The molecule has 1 aromatic carbocycles. The van der Waals surface area contributed by atoms with Crippen molar-refractivity contribution in [2.75, 3.05) is 13.6 Å². The summed E-state index contributed by atoms with van der Waals surface area (Å²) in [6, 6.07) is 5.84. The number of aryl methyl sites for hydroxylation is 1. The lowest BCUT2D eigenvalue weighted by Gasteiger charge is -2.13. The zero-order valence-corrected chi connectivity index (χ0v) is 15.5. The molecule has 23 heavy (non-hydrogen) atoms. The van der Waals surface area contributed by atoms with Gasteiger partial charge in [-0.05, 0) is 17.7 Å². The van der Waals surface area contributed by atoms with E-state index in [-0.39, 0.29) is 0 Å². The van der Waals surface area contributed by atoms with Gasteiger partial charge in [0.2, 0.25) is 0 Å². The summed E-state index contributed by atoms with van der Waals surface area (Å²) < 4.78 is 3.00. The fraction of sp³-hybridized carbons (Fsp3) is 0.400. The first-order chi connectivity index (χ1) is 11.1. The Labute approximate surface area is 149 Å². The predicted octanol–water partition coefficient (Wildman–Crippen LogP) is 2.62. The zero-order chi connectivity index (χ0) is 16.7. The minimum atomic E-state index is 0.610. The summed E-state index contributed by atoms with van der Waals surface area (Å²) in [5.41, 5.74) is 1.02. The van der Waals surface area contributed by atoms with E-state index in [2.05, 4.69) is 48.7 Å². The third kappa shape index (κ3) is 5.21. The molecule has 0 fully saturated rings. The van der Waals surface area contributed by atoms with Gasteiger partial charge in [-0.25, -0.2) is 0 Å². The highest BCUT2D eigenvalue weighted by Gasteiger charge is 2.04. The SMILES string of the molecule is CCc1nncn1CCNC(=NC)NCc1ccc(Br)cc1Cl. The van der Waals surface area contributed by atoms with Gasteiger partial charge in [0, 0.05) is 42.6 Å². The molecule has 0 atom stereocenters. The molecule has 0 aliphatic rings. The van der Waals surface area contributed by atoms with Gasteiger partial charge in [-0.2, -0.15) is 0 Å². The minimum absolute atomic E-state index is 0.610. The highest BCUT2D eigenvalue weighted by molar-refractivity contribution is 9.10. The van der Waals surface area contributed by atoms with E-state index in [1.54, 1.807) is 13.4 Å². The smallest absolute Gasteiger partial charge is 0.191 e. The Bertz CT molecular complexity index is 670. The van der Waals surface area contributed by atoms with Crippen LogP contribution in [0.1, 0.15) is 18.3 Å². The first-order valence-electron chi connectivity index (χ1n) is 7.39. The van der Waals surface area contributed by atoms with Crippen LogP contribution in [0, 0.1) is 0 Å². The molecule has 0 aliphatic carbocycles. The van der Waals surface area contributed by atoms with Crippen molar-refractivity contribution in [1.82, 2.24) is 25.4 Å². The average molecular weight is 400 g/mol. The van der Waals surface area contributed by atoms with Gasteiger partial charge in [0.25, 0.3) is 0 Å². The Morgan fingerprint density at radius 1 is 1.39 bits per heavy atom. The highest BCUT2D eigenvalue weighted by Crippen LogP contribution is 2.21. The van der Waals surface area contributed by atoms with Gasteiger partial charge in [0.1, 0.15) is 12.2 Å². The largest absolute Gasteiger partial charge is 0.355 e. The number of hydrogen-bond donors (Lipinski definition) is 2. The molecular formula is C15H20BrClN6. The van der Waals surface area contributed by atoms with Crippen LogP contribution in [0.3, 0.4) is 0 Å². The van der Waals surface area contributed by atoms with E-state index in [1.807, 2.05) is 22.8 Å². The quantitative estimate of drug-likeness (QED) is 0.579. The molecule has 0 bridgehead atoms. The van der Waals surface area contributed by atoms with Crippen LogP contribution in [-0.4, -0.2) is 34.3 Å². The van der Waals surface area contributed by atoms with Crippen LogP contribution in [0.4, 0.5) is 0 Å². The maximum absolute atomic E-state index is 6.21. The Kier molecular flexibility index (Phi) is 6.85. The molecule has 1 aromatic heterocycles. The van der Waals surface area contributed by atoms with Crippen LogP contribution in [0.25, 0.3) is 0 Å². The van der Waals surface area contributed by atoms with Crippen molar-refractivity contribution < 1.29 is 0 Å². The number of benzene rings is 1. The van der Waals surface area contributed by atoms with Crippen molar-refractivity contribution in [3.05, 3.63) is 45.4 Å². The van der Waals surface area contributed by atoms with Crippen molar-refractivity contribution in [3.63, 3.8) is 0 Å². The first-order valence-corrected chi connectivity index (χ1v) is 8.56. The van der Waals surface area contributed by atoms with E-state index in [1.165, 1.54) is 0 Å². The number of rotatable bonds is 6. The van der Waals surface area contributed by atoms with Crippen molar-refractivity contribution in [1.29, 1.82) is 0 Å². The molecule has 1 heterocycles. The second-order valence-electron chi connectivity index (χ2n) is 4.88. The molecule has 124 valence electrons. The standard InChI is InChI=1S/C15H20BrClN6/c1-3-14-22-21-10-23(14)7-6-19-15(18-2)20-9-11-4-5-12(16)8-13(11)17/h4-5,8,10H,3,6-7,9H2,1-2H3,(H2,18,19,20). The molecule has 2 aromatic rings. The van der Waals surface area contributed by atoms with Crippen molar-refractivity contribution in [3.8, 4) is 0 Å². The number of halogens is 2. The van der Waals surface area contributed by atoms with Crippen LogP contribution < -0.4 is 10.6 Å². The summed E-state index contributed by atoms with van der Waals surface area (Å²) in [5, 5.41) is 15.2. The number of aliphatic imine (C=N–C) groups is 1. The number of guanidine groups is 1. The van der Waals surface area contributed by atoms with Crippen LogP contribution in [0.15, 0.2) is 34.0 Å². The summed E-state index contributed by atoms with van der Waals surface area (Å²) >= 11 is 9.62. The van der Waals surface area contributed by atoms with Crippen LogP contribution in [0.2, 0.25) is 5.02 Å². The Hall–Kier alpha value is -1.60. The van der Waals surface area contributed by atoms with E-state index in [4.69, 9.17) is 11.6 Å². The average Bonchev–Trinajstić information content (AvgIpc) is 2.99. The fourth-order valence-corrected chi connectivity index (χ4v) is 2.84. The summed E-state index contributed by atoms with van der Waals surface area (Å²) in [4.78, 5) is 4.21. The minimum Gasteiger partial charge on any atom is -0.355 e. The summed E-state index contributed by atoms with van der Waals surface area (Å²) in [6.45, 7) is 4.20. The van der Waals surface area contributed by atoms with Crippen LogP contribution in [-0.2, 0) is 19.5 Å². The molecule has 0 spiro atoms. The van der Waals surface area contributed by atoms with Gasteiger partial charge in [0.05, 0.1) is 0 Å². The van der Waals surface area contributed by atoms with E-state index < -0.39 is 0 Å². The second-order valence-corrected chi connectivity index (χ2v) is 6.21. The predicted molar refractivity (Wildman–Crippen MR) is 96.8 cm³/mol. The molecule has 0 radical (unpaired) electrons. The highest BCUT2D eigenvalue weighted by atomic mass is 79.9. The molecule has 6 nitrogen and oxygen atoms in total. The van der Waals surface area contributed by atoms with Crippen molar-refractivity contribution in [2.45, 2.75) is 26.4 Å². The van der Waals surface area contributed by atoms with Gasteiger partial charge in [-0.1, -0.05) is 40.5 Å². The van der Waals surface area contributed by atoms with Gasteiger partial charge in [0.15, 0.2) is 5.96 Å². The normalized spacial score (nSPS) is 11.6. The Balaban J connectivity index is 1.81. The summed E-state index contributed by atoms with van der Waals surface area (Å²) in [5.74, 6) is 1.71. The van der Waals surface area contributed by atoms with Crippen LogP contribution >= 0.6 is 27.5 Å². The summed E-state index contributed by atoms with van der Waals surface area (Å²) in [6.07, 6.45) is 2.62. The van der Waals surface area contributed by atoms with Crippen molar-refractivity contribution >= 4 is 33.5 Å². The van der Waals surface area contributed by atoms with E-state index >= 15 is 0 Å². The second kappa shape index (κ2) is 8.88. The lowest BCUT2D eigenvalue weighted by atomic mass is 10.2. The number of nitrogens with zero attached hydrogens (tertiary/aromatic N) is 4. The number of hydrogen-bond acceptors (Lipinski definition) is 3. The molecule has 0 amide bonds. The number of aromatic nitrogens is 3. The molecule has 8 heteroatoms. The van der Waals surface area contributed by atoms with Gasteiger partial charge >= 0.3 is 0 Å². The molecule has 0 aliphatic heterocycles. The summed E-state index contributed by atoms with van der Waals surface area (Å²) in [7, 11) is 1.74. The molecular weight excluding hydrogens is 380 g/mol. The van der Waals surface area contributed by atoms with Crippen LogP contribution in [0.5, 0.6) is 0 Å². The Morgan fingerprint density at radius 3 is 2.91 bits per heavy atom. The fourth-order valence-electron chi connectivity index (χ4n) is 2.10. The van der Waals surface area contributed by atoms with Gasteiger partial charge in [-0.3, -0.25) is 4.99 Å². The van der Waals surface area contributed by atoms with Gasteiger partial charge < -0.3 is 15.2 Å². The maximum Gasteiger partial charge on any atom is 0.191 e. The molecule has 0 saturated heterocycles. The third-order valence-electron chi connectivity index (χ3n) is 3.34. The van der Waals surface area contributed by atoms with E-state index in [9.17, 15) is 0 Å². The van der Waals surface area contributed by atoms with Gasteiger partial charge in [-0.15, -0.1) is 10.2 Å². The Morgan fingerprint density at radius 2 is 2.22 bits per heavy atom. The lowest BCUT2D eigenvalue weighted by molar-refractivity contribution is 0.632. The lowest BCUT2D eigenvalue weighted by Crippen LogP contribution is -2.38. The topological polar surface area (TPSA) is 67.1 Å². The van der Waals surface area contributed by atoms with E-state index in [0.29, 0.717) is 6.54 Å². The molecule has 0 unspecified atom stereocenters. The van der Waals surface area contributed by atoms with E-state index in [0.717, 1.165) is 46.4 Å². The maximum atomic E-state index is 6.21. The third-order valence-corrected chi connectivity index (χ3v) is 4.19.